The summed E-state index contributed by atoms with van der Waals surface area (Å²) in [5, 5.41) is 0. The van der Waals surface area contributed by atoms with E-state index in [1.807, 2.05) is 12.1 Å². The molecule has 0 bridgehead atoms. The average molecular weight is 211 g/mol. The SMILES string of the molecule is CN(C(=O)c1c[c]ccc1)c1ccccn1. The molecule has 1 aromatic heterocycles. The zero-order chi connectivity index (χ0) is 11.4. The highest BCUT2D eigenvalue weighted by atomic mass is 16.2. The van der Waals surface area contributed by atoms with Crippen LogP contribution in [0.4, 0.5) is 5.82 Å². The van der Waals surface area contributed by atoms with Gasteiger partial charge in [0.2, 0.25) is 0 Å². The Labute approximate surface area is 94.4 Å². The van der Waals surface area contributed by atoms with Crippen molar-refractivity contribution in [2.24, 2.45) is 0 Å². The zero-order valence-electron chi connectivity index (χ0n) is 8.92. The maximum absolute atomic E-state index is 12.0. The summed E-state index contributed by atoms with van der Waals surface area (Å²) in [4.78, 5) is 17.6. The molecule has 0 aliphatic heterocycles. The van der Waals surface area contributed by atoms with E-state index in [9.17, 15) is 4.79 Å². The van der Waals surface area contributed by atoms with Crippen molar-refractivity contribution < 1.29 is 4.79 Å². The van der Waals surface area contributed by atoms with Crippen molar-refractivity contribution >= 4 is 11.7 Å². The average Bonchev–Trinajstić information content (AvgIpc) is 2.39. The maximum Gasteiger partial charge on any atom is 0.259 e. The summed E-state index contributed by atoms with van der Waals surface area (Å²) in [6, 6.07) is 15.3. The molecule has 0 N–H and O–H groups in total. The summed E-state index contributed by atoms with van der Waals surface area (Å²) in [7, 11) is 1.71. The number of aromatic nitrogens is 1. The van der Waals surface area contributed by atoms with Crippen molar-refractivity contribution in [2.75, 3.05) is 11.9 Å². The monoisotopic (exact) mass is 211 g/mol. The highest BCUT2D eigenvalue weighted by Crippen LogP contribution is 2.11. The maximum atomic E-state index is 12.0. The smallest absolute Gasteiger partial charge is 0.259 e. The lowest BCUT2D eigenvalue weighted by Gasteiger charge is -2.15. The number of carbonyl (C=O) groups excluding carboxylic acids is 1. The Hall–Kier alpha value is -2.16. The second-order valence-corrected chi connectivity index (χ2v) is 3.34. The molecule has 1 radical (unpaired) electrons. The minimum Gasteiger partial charge on any atom is -0.296 e. The normalized spacial score (nSPS) is 9.81. The summed E-state index contributed by atoms with van der Waals surface area (Å²) in [5.41, 5.74) is 0.607. The topological polar surface area (TPSA) is 33.2 Å². The van der Waals surface area contributed by atoms with Crippen molar-refractivity contribution in [1.82, 2.24) is 4.98 Å². The molecule has 0 atom stereocenters. The van der Waals surface area contributed by atoms with Crippen LogP contribution in [0.25, 0.3) is 0 Å². The molecule has 79 valence electrons. The molecule has 1 heterocycles. The van der Waals surface area contributed by atoms with Crippen LogP contribution in [-0.2, 0) is 0 Å². The molecule has 2 rings (SSSR count). The minimum absolute atomic E-state index is 0.0875. The van der Waals surface area contributed by atoms with Crippen LogP contribution in [0.15, 0.2) is 48.7 Å². The summed E-state index contributed by atoms with van der Waals surface area (Å²) < 4.78 is 0. The van der Waals surface area contributed by atoms with Gasteiger partial charge in [0.15, 0.2) is 0 Å². The van der Waals surface area contributed by atoms with Crippen LogP contribution in [0.1, 0.15) is 10.4 Å². The van der Waals surface area contributed by atoms with E-state index in [0.717, 1.165) is 0 Å². The number of carbonyl (C=O) groups is 1. The first-order valence-electron chi connectivity index (χ1n) is 4.94. The number of hydrogen-bond donors (Lipinski definition) is 0. The fraction of sp³-hybridized carbons (Fsp3) is 0.0769. The molecule has 0 spiro atoms. The van der Waals surface area contributed by atoms with Gasteiger partial charge in [0.05, 0.1) is 0 Å². The molecule has 1 aromatic carbocycles. The number of pyridine rings is 1. The van der Waals surface area contributed by atoms with Gasteiger partial charge in [0.25, 0.3) is 5.91 Å². The standard InChI is InChI=1S/C13H11N2O/c1-15(12-9-5-6-10-14-12)13(16)11-7-3-2-4-8-11/h2-3,5-10H,1H3. The lowest BCUT2D eigenvalue weighted by atomic mass is 10.2. The van der Waals surface area contributed by atoms with E-state index in [-0.39, 0.29) is 5.91 Å². The van der Waals surface area contributed by atoms with Gasteiger partial charge < -0.3 is 0 Å². The molecule has 0 aliphatic carbocycles. The molecular weight excluding hydrogens is 200 g/mol. The van der Waals surface area contributed by atoms with Gasteiger partial charge in [0, 0.05) is 18.8 Å². The molecular formula is C13H11N2O. The molecule has 0 fully saturated rings. The fourth-order valence-electron chi connectivity index (χ4n) is 1.38. The molecule has 0 aliphatic rings. The summed E-state index contributed by atoms with van der Waals surface area (Å²) >= 11 is 0. The molecule has 2 aromatic rings. The van der Waals surface area contributed by atoms with Crippen molar-refractivity contribution in [3.63, 3.8) is 0 Å². The quantitative estimate of drug-likeness (QED) is 0.762. The predicted octanol–water partition coefficient (Wildman–Crippen LogP) is 2.16. The van der Waals surface area contributed by atoms with Crippen LogP contribution in [0.5, 0.6) is 0 Å². The lowest BCUT2D eigenvalue weighted by Crippen LogP contribution is -2.26. The summed E-state index contributed by atoms with van der Waals surface area (Å²) in [5.74, 6) is 0.548. The molecule has 1 amide bonds. The van der Waals surface area contributed by atoms with Crippen LogP contribution in [0.2, 0.25) is 0 Å². The first-order chi connectivity index (χ1) is 7.79. The third kappa shape index (κ3) is 2.08. The van der Waals surface area contributed by atoms with Gasteiger partial charge in [-0.15, -0.1) is 0 Å². The highest BCUT2D eigenvalue weighted by molar-refractivity contribution is 6.05. The van der Waals surface area contributed by atoms with Crippen LogP contribution in [0, 0.1) is 6.07 Å². The summed E-state index contributed by atoms with van der Waals surface area (Å²) in [6.07, 6.45) is 1.66. The van der Waals surface area contributed by atoms with E-state index in [1.165, 1.54) is 4.90 Å². The molecule has 3 nitrogen and oxygen atoms in total. The largest absolute Gasteiger partial charge is 0.296 e. The summed E-state index contributed by atoms with van der Waals surface area (Å²) in [6.45, 7) is 0. The Morgan fingerprint density at radius 2 is 2.19 bits per heavy atom. The van der Waals surface area contributed by atoms with E-state index in [4.69, 9.17) is 0 Å². The van der Waals surface area contributed by atoms with E-state index >= 15 is 0 Å². The molecule has 3 heteroatoms. The van der Waals surface area contributed by atoms with E-state index in [0.29, 0.717) is 11.4 Å². The third-order valence-corrected chi connectivity index (χ3v) is 2.25. The van der Waals surface area contributed by atoms with Crippen molar-refractivity contribution in [3.05, 3.63) is 60.3 Å². The number of benzene rings is 1. The number of amides is 1. The van der Waals surface area contributed by atoms with Crippen LogP contribution < -0.4 is 4.90 Å². The van der Waals surface area contributed by atoms with Gasteiger partial charge in [-0.2, -0.15) is 0 Å². The van der Waals surface area contributed by atoms with Crippen LogP contribution in [0.3, 0.4) is 0 Å². The molecule has 0 unspecified atom stereocenters. The minimum atomic E-state index is -0.0875. The molecule has 0 saturated carbocycles. The Morgan fingerprint density at radius 3 is 2.81 bits per heavy atom. The number of nitrogens with zero attached hydrogens (tertiary/aromatic N) is 2. The van der Waals surface area contributed by atoms with Gasteiger partial charge >= 0.3 is 0 Å². The zero-order valence-corrected chi connectivity index (χ0v) is 8.92. The molecule has 0 saturated heterocycles. The van der Waals surface area contributed by atoms with Crippen LogP contribution in [-0.4, -0.2) is 17.9 Å². The van der Waals surface area contributed by atoms with E-state index < -0.39 is 0 Å². The first kappa shape index (κ1) is 10.4. The highest BCUT2D eigenvalue weighted by Gasteiger charge is 2.13. The van der Waals surface area contributed by atoms with Gasteiger partial charge in [-0.25, -0.2) is 4.98 Å². The van der Waals surface area contributed by atoms with Gasteiger partial charge in [0.1, 0.15) is 5.82 Å². The predicted molar refractivity (Wildman–Crippen MR) is 62.2 cm³/mol. The van der Waals surface area contributed by atoms with Crippen molar-refractivity contribution in [1.29, 1.82) is 0 Å². The van der Waals surface area contributed by atoms with Gasteiger partial charge in [-0.3, -0.25) is 9.69 Å². The van der Waals surface area contributed by atoms with E-state index in [2.05, 4.69) is 11.1 Å². The second-order valence-electron chi connectivity index (χ2n) is 3.34. The Bertz CT molecular complexity index is 468. The third-order valence-electron chi connectivity index (χ3n) is 2.25. The van der Waals surface area contributed by atoms with Gasteiger partial charge in [-0.1, -0.05) is 18.2 Å². The lowest BCUT2D eigenvalue weighted by molar-refractivity contribution is 0.0992. The Morgan fingerprint density at radius 1 is 1.31 bits per heavy atom. The van der Waals surface area contributed by atoms with Crippen LogP contribution >= 0.6 is 0 Å². The molecule has 16 heavy (non-hydrogen) atoms. The van der Waals surface area contributed by atoms with Gasteiger partial charge in [-0.05, 0) is 30.3 Å². The Kier molecular flexibility index (Phi) is 2.96. The van der Waals surface area contributed by atoms with Crippen molar-refractivity contribution in [2.45, 2.75) is 0 Å². The number of rotatable bonds is 2. The number of hydrogen-bond acceptors (Lipinski definition) is 2. The van der Waals surface area contributed by atoms with Crippen molar-refractivity contribution in [3.8, 4) is 0 Å². The number of anilines is 1. The Balaban J connectivity index is 2.24. The second kappa shape index (κ2) is 4.57. The fourth-order valence-corrected chi connectivity index (χ4v) is 1.38. The van der Waals surface area contributed by atoms with E-state index in [1.54, 1.807) is 43.6 Å². The first-order valence-corrected chi connectivity index (χ1v) is 4.94.